The molecule has 2 bridgehead atoms. The number of rotatable bonds is 2. The van der Waals surface area contributed by atoms with Gasteiger partial charge in [0.05, 0.1) is 25.0 Å². The Morgan fingerprint density at radius 1 is 1.21 bits per heavy atom. The van der Waals surface area contributed by atoms with Crippen LogP contribution in [-0.4, -0.2) is 68.4 Å². The summed E-state index contributed by atoms with van der Waals surface area (Å²) < 4.78 is 38.5. The fraction of sp³-hybridized carbons (Fsp3) is 0.700. The average molecular weight is 424 g/mol. The number of ether oxygens (including phenoxy) is 2. The Balaban J connectivity index is 1.61. The summed E-state index contributed by atoms with van der Waals surface area (Å²) in [5.41, 5.74) is 1.06. The Morgan fingerprint density at radius 3 is 2.76 bits per heavy atom. The van der Waals surface area contributed by atoms with Crippen LogP contribution >= 0.6 is 0 Å². The molecule has 1 saturated carbocycles. The van der Waals surface area contributed by atoms with Crippen molar-refractivity contribution < 1.29 is 22.7 Å². The maximum atomic E-state index is 13.0. The van der Waals surface area contributed by atoms with Gasteiger partial charge in [0.1, 0.15) is 0 Å². The molecule has 1 amide bonds. The van der Waals surface area contributed by atoms with Crippen molar-refractivity contribution in [2.45, 2.75) is 62.6 Å². The number of piperidine rings is 1. The van der Waals surface area contributed by atoms with Crippen LogP contribution in [0.1, 0.15) is 50.0 Å². The van der Waals surface area contributed by atoms with Crippen molar-refractivity contribution in [1.29, 1.82) is 0 Å². The van der Waals surface area contributed by atoms with E-state index in [0.29, 0.717) is 31.4 Å². The summed E-state index contributed by atoms with van der Waals surface area (Å²) in [5, 5.41) is 0. The molecule has 2 atom stereocenters. The number of sulfonamides is 1. The zero-order chi connectivity index (χ0) is 20.4. The standard InChI is InChI=1S/C20H29N3O5S/c1-29(25,26)22-17-5-3-11-23-18(17)12-27-15-8-6-14(7-9-15)16-4-2-10-21-20(16)28-13-19(23)24/h2,4,10,14-15,17-18,22H,3,5-9,11-13H2,1H3. The zero-order valence-corrected chi connectivity index (χ0v) is 17.6. The second kappa shape index (κ2) is 8.57. The molecule has 2 fully saturated rings. The van der Waals surface area contributed by atoms with E-state index in [0.717, 1.165) is 43.9 Å². The minimum Gasteiger partial charge on any atom is -0.467 e. The summed E-state index contributed by atoms with van der Waals surface area (Å²) in [6, 6.07) is 3.26. The summed E-state index contributed by atoms with van der Waals surface area (Å²) in [7, 11) is -3.38. The minimum atomic E-state index is -3.38. The van der Waals surface area contributed by atoms with E-state index in [1.807, 2.05) is 12.1 Å². The number of nitrogens with zero attached hydrogens (tertiary/aromatic N) is 2. The SMILES string of the molecule is CS(=O)(=O)NC1CCCN2C(=O)COc3ncccc3C3CCC(CC3)OCC12. The van der Waals surface area contributed by atoms with Crippen LogP contribution in [0.25, 0.3) is 0 Å². The number of hydrogen-bond donors (Lipinski definition) is 1. The third-order valence-corrected chi connectivity index (χ3v) is 6.95. The number of nitrogens with one attached hydrogen (secondary N) is 1. The highest BCUT2D eigenvalue weighted by Gasteiger charge is 2.37. The Labute approximate surface area is 172 Å². The largest absolute Gasteiger partial charge is 0.467 e. The lowest BCUT2D eigenvalue weighted by Crippen LogP contribution is -2.59. The minimum absolute atomic E-state index is 0.109. The molecule has 8 nitrogen and oxygen atoms in total. The maximum Gasteiger partial charge on any atom is 0.260 e. The van der Waals surface area contributed by atoms with Gasteiger partial charge in [0.15, 0.2) is 6.61 Å². The predicted molar refractivity (Wildman–Crippen MR) is 107 cm³/mol. The van der Waals surface area contributed by atoms with E-state index >= 15 is 0 Å². The van der Waals surface area contributed by atoms with Crippen LogP contribution in [0.2, 0.25) is 0 Å². The second-order valence-electron chi connectivity index (χ2n) is 8.29. The first-order valence-corrected chi connectivity index (χ1v) is 12.3. The molecule has 9 heteroatoms. The first kappa shape index (κ1) is 20.6. The lowest BCUT2D eigenvalue weighted by atomic mass is 9.83. The highest BCUT2D eigenvalue weighted by atomic mass is 32.2. The molecule has 1 aliphatic carbocycles. The molecular weight excluding hydrogens is 394 g/mol. The van der Waals surface area contributed by atoms with Crippen LogP contribution in [0, 0.1) is 0 Å². The lowest BCUT2D eigenvalue weighted by Gasteiger charge is -2.41. The zero-order valence-electron chi connectivity index (χ0n) is 16.7. The third kappa shape index (κ3) is 4.90. The first-order valence-electron chi connectivity index (χ1n) is 10.4. The van der Waals surface area contributed by atoms with Gasteiger partial charge in [-0.2, -0.15) is 0 Å². The van der Waals surface area contributed by atoms with Crippen LogP contribution in [0.15, 0.2) is 18.3 Å². The van der Waals surface area contributed by atoms with Crippen molar-refractivity contribution in [1.82, 2.24) is 14.6 Å². The summed E-state index contributed by atoms with van der Waals surface area (Å²) in [5.74, 6) is 0.724. The van der Waals surface area contributed by atoms with Crippen LogP contribution in [0.4, 0.5) is 0 Å². The number of carbonyl (C=O) groups excluding carboxylic acids is 1. The van der Waals surface area contributed by atoms with E-state index in [1.54, 1.807) is 11.1 Å². The van der Waals surface area contributed by atoms with Gasteiger partial charge in [0, 0.05) is 24.3 Å². The van der Waals surface area contributed by atoms with E-state index in [4.69, 9.17) is 9.47 Å². The van der Waals surface area contributed by atoms with E-state index in [2.05, 4.69) is 9.71 Å². The molecule has 1 N–H and O–H groups in total. The predicted octanol–water partition coefficient (Wildman–Crippen LogP) is 1.43. The van der Waals surface area contributed by atoms with Crippen LogP contribution in [0.3, 0.4) is 0 Å². The smallest absolute Gasteiger partial charge is 0.260 e. The topological polar surface area (TPSA) is 97.8 Å². The molecule has 1 aromatic heterocycles. The van der Waals surface area contributed by atoms with E-state index in [1.165, 1.54) is 0 Å². The number of amides is 1. The molecule has 3 aliphatic heterocycles. The van der Waals surface area contributed by atoms with Crippen molar-refractivity contribution in [2.75, 3.05) is 26.0 Å². The van der Waals surface area contributed by atoms with Gasteiger partial charge in [-0.25, -0.2) is 18.1 Å². The second-order valence-corrected chi connectivity index (χ2v) is 10.1. The molecule has 160 valence electrons. The number of fused-ring (bicyclic) bond motifs is 5. The van der Waals surface area contributed by atoms with Gasteiger partial charge in [0.25, 0.3) is 5.91 Å². The number of hydrogen-bond acceptors (Lipinski definition) is 6. The van der Waals surface area contributed by atoms with Gasteiger partial charge >= 0.3 is 0 Å². The van der Waals surface area contributed by atoms with Crippen molar-refractivity contribution >= 4 is 15.9 Å². The van der Waals surface area contributed by atoms with Crippen LogP contribution < -0.4 is 9.46 Å². The Morgan fingerprint density at radius 2 is 2.00 bits per heavy atom. The molecule has 1 saturated heterocycles. The Bertz CT molecular complexity index is 838. The lowest BCUT2D eigenvalue weighted by molar-refractivity contribution is -0.140. The van der Waals surface area contributed by atoms with E-state index < -0.39 is 10.0 Å². The number of aromatic nitrogens is 1. The van der Waals surface area contributed by atoms with Crippen molar-refractivity contribution in [3.05, 3.63) is 23.9 Å². The van der Waals surface area contributed by atoms with E-state index in [-0.39, 0.29) is 30.7 Å². The van der Waals surface area contributed by atoms with Gasteiger partial charge in [-0.05, 0) is 50.5 Å². The van der Waals surface area contributed by atoms with Gasteiger partial charge in [-0.3, -0.25) is 4.79 Å². The molecule has 4 aliphatic rings. The molecule has 2 unspecified atom stereocenters. The molecule has 4 heterocycles. The normalized spacial score (nSPS) is 30.9. The average Bonchev–Trinajstić information content (AvgIpc) is 2.71. The fourth-order valence-electron chi connectivity index (χ4n) is 4.81. The number of pyridine rings is 1. The van der Waals surface area contributed by atoms with Gasteiger partial charge in [-0.15, -0.1) is 0 Å². The maximum absolute atomic E-state index is 13.0. The van der Waals surface area contributed by atoms with Gasteiger partial charge < -0.3 is 14.4 Å². The van der Waals surface area contributed by atoms with Crippen molar-refractivity contribution in [3.63, 3.8) is 0 Å². The van der Waals surface area contributed by atoms with E-state index in [9.17, 15) is 13.2 Å². The Hall–Kier alpha value is -1.71. The highest BCUT2D eigenvalue weighted by molar-refractivity contribution is 7.88. The molecule has 5 rings (SSSR count). The molecule has 0 radical (unpaired) electrons. The molecule has 0 spiro atoms. The van der Waals surface area contributed by atoms with Crippen LogP contribution in [-0.2, 0) is 19.6 Å². The first-order chi connectivity index (χ1) is 13.9. The van der Waals surface area contributed by atoms with Gasteiger partial charge in [0.2, 0.25) is 15.9 Å². The van der Waals surface area contributed by atoms with Crippen molar-refractivity contribution in [3.8, 4) is 5.88 Å². The summed E-state index contributed by atoms with van der Waals surface area (Å²) in [6.07, 6.45) is 8.23. The molecular formula is C20H29N3O5S. The highest BCUT2D eigenvalue weighted by Crippen LogP contribution is 2.38. The molecule has 29 heavy (non-hydrogen) atoms. The van der Waals surface area contributed by atoms with Gasteiger partial charge in [-0.1, -0.05) is 6.07 Å². The fourth-order valence-corrected chi connectivity index (χ4v) is 5.63. The monoisotopic (exact) mass is 423 g/mol. The summed E-state index contributed by atoms with van der Waals surface area (Å²) in [6.45, 7) is 0.794. The number of carbonyl (C=O) groups is 1. The van der Waals surface area contributed by atoms with Crippen LogP contribution in [0.5, 0.6) is 5.88 Å². The third-order valence-electron chi connectivity index (χ3n) is 6.21. The molecule has 0 aromatic carbocycles. The summed E-state index contributed by atoms with van der Waals surface area (Å²) >= 11 is 0. The quantitative estimate of drug-likeness (QED) is 0.773. The van der Waals surface area contributed by atoms with Crippen molar-refractivity contribution in [2.24, 2.45) is 0 Å². The Kier molecular flexibility index (Phi) is 6.08. The summed E-state index contributed by atoms with van der Waals surface area (Å²) in [4.78, 5) is 19.1. The molecule has 1 aromatic rings.